The van der Waals surface area contributed by atoms with Gasteiger partial charge in [-0.3, -0.25) is 0 Å². The van der Waals surface area contributed by atoms with E-state index in [1.165, 1.54) is 5.56 Å². The van der Waals surface area contributed by atoms with Crippen LogP contribution in [0.2, 0.25) is 0 Å². The lowest BCUT2D eigenvalue weighted by molar-refractivity contribution is 0.326. The van der Waals surface area contributed by atoms with Gasteiger partial charge in [-0.05, 0) is 19.4 Å². The van der Waals surface area contributed by atoms with Crippen molar-refractivity contribution in [3.8, 4) is 0 Å². The standard InChI is InChI=1S/C13H18ClN3/c1-4-16-13(12(14)15)17(3)10(2)11-8-6-5-7-9-11/h4-10H,15H2,1-3H3/b13-12+,16-4?. The molecule has 4 heteroatoms. The molecule has 3 nitrogen and oxygen atoms in total. The molecule has 2 N–H and O–H groups in total. The van der Waals surface area contributed by atoms with Gasteiger partial charge in [0.25, 0.3) is 0 Å². The summed E-state index contributed by atoms with van der Waals surface area (Å²) in [7, 11) is 1.93. The maximum atomic E-state index is 5.85. The molecule has 0 radical (unpaired) electrons. The fourth-order valence-corrected chi connectivity index (χ4v) is 1.76. The second-order valence-electron chi connectivity index (χ2n) is 3.76. The Morgan fingerprint density at radius 2 is 2.00 bits per heavy atom. The summed E-state index contributed by atoms with van der Waals surface area (Å²) in [6, 6.07) is 10.3. The lowest BCUT2D eigenvalue weighted by atomic mass is 10.1. The molecule has 0 saturated carbocycles. The van der Waals surface area contributed by atoms with E-state index in [4.69, 9.17) is 17.3 Å². The molecule has 0 saturated heterocycles. The Balaban J connectivity index is 2.97. The van der Waals surface area contributed by atoms with Crippen molar-refractivity contribution in [2.24, 2.45) is 10.7 Å². The summed E-state index contributed by atoms with van der Waals surface area (Å²) in [6.45, 7) is 3.92. The van der Waals surface area contributed by atoms with Gasteiger partial charge >= 0.3 is 0 Å². The fourth-order valence-electron chi connectivity index (χ4n) is 1.58. The minimum absolute atomic E-state index is 0.159. The number of nitrogens with two attached hydrogens (primary N) is 1. The number of nitrogens with zero attached hydrogens (tertiary/aromatic N) is 2. The van der Waals surface area contributed by atoms with E-state index in [0.29, 0.717) is 5.82 Å². The largest absolute Gasteiger partial charge is 0.386 e. The quantitative estimate of drug-likeness (QED) is 0.660. The summed E-state index contributed by atoms with van der Waals surface area (Å²) in [6.07, 6.45) is 1.68. The molecule has 92 valence electrons. The minimum Gasteiger partial charge on any atom is -0.386 e. The third-order valence-electron chi connectivity index (χ3n) is 2.66. The first kappa shape index (κ1) is 13.6. The number of benzene rings is 1. The summed E-state index contributed by atoms with van der Waals surface area (Å²) in [5.74, 6) is 0.588. The van der Waals surface area contributed by atoms with Gasteiger partial charge in [-0.25, -0.2) is 4.99 Å². The topological polar surface area (TPSA) is 41.6 Å². The molecule has 17 heavy (non-hydrogen) atoms. The zero-order chi connectivity index (χ0) is 12.8. The average molecular weight is 252 g/mol. The maximum Gasteiger partial charge on any atom is 0.163 e. The molecule has 0 amide bonds. The Hall–Kier alpha value is -1.48. The molecule has 0 aliphatic heterocycles. The third-order valence-corrected chi connectivity index (χ3v) is 2.83. The molecule has 1 aromatic rings. The van der Waals surface area contributed by atoms with E-state index >= 15 is 0 Å². The van der Waals surface area contributed by atoms with Crippen molar-refractivity contribution < 1.29 is 0 Å². The zero-order valence-electron chi connectivity index (χ0n) is 10.4. The number of rotatable bonds is 4. The van der Waals surface area contributed by atoms with Crippen LogP contribution in [0.4, 0.5) is 0 Å². The van der Waals surface area contributed by atoms with E-state index in [-0.39, 0.29) is 11.2 Å². The molecule has 1 rings (SSSR count). The van der Waals surface area contributed by atoms with Gasteiger partial charge < -0.3 is 10.6 Å². The lowest BCUT2D eigenvalue weighted by Crippen LogP contribution is -2.23. The van der Waals surface area contributed by atoms with Crippen molar-refractivity contribution >= 4 is 17.8 Å². The predicted octanol–water partition coefficient (Wildman–Crippen LogP) is 3.09. The summed E-state index contributed by atoms with van der Waals surface area (Å²) < 4.78 is 0. The molecule has 0 aliphatic rings. The molecule has 0 heterocycles. The van der Waals surface area contributed by atoms with Gasteiger partial charge in [-0.15, -0.1) is 0 Å². The molecule has 1 aromatic carbocycles. The Morgan fingerprint density at radius 1 is 1.41 bits per heavy atom. The number of aliphatic imine (C=N–C) groups is 1. The van der Waals surface area contributed by atoms with Crippen molar-refractivity contribution in [1.29, 1.82) is 0 Å². The zero-order valence-corrected chi connectivity index (χ0v) is 11.1. The molecule has 1 unspecified atom stereocenters. The fraction of sp³-hybridized carbons (Fsp3) is 0.308. The molecular weight excluding hydrogens is 234 g/mol. The molecule has 0 bridgehead atoms. The molecule has 0 aromatic heterocycles. The predicted molar refractivity (Wildman–Crippen MR) is 73.9 cm³/mol. The van der Waals surface area contributed by atoms with Crippen LogP contribution < -0.4 is 5.73 Å². The highest BCUT2D eigenvalue weighted by atomic mass is 35.5. The van der Waals surface area contributed by atoms with Crippen LogP contribution in [0.1, 0.15) is 25.5 Å². The monoisotopic (exact) mass is 251 g/mol. The molecule has 0 fully saturated rings. The van der Waals surface area contributed by atoms with E-state index in [2.05, 4.69) is 24.0 Å². The average Bonchev–Trinajstić information content (AvgIpc) is 2.35. The Bertz CT molecular complexity index is 408. The third kappa shape index (κ3) is 3.49. The van der Waals surface area contributed by atoms with E-state index in [0.717, 1.165) is 0 Å². The van der Waals surface area contributed by atoms with Crippen LogP contribution >= 0.6 is 11.6 Å². The van der Waals surface area contributed by atoms with Gasteiger partial charge in [0, 0.05) is 13.3 Å². The van der Waals surface area contributed by atoms with Crippen molar-refractivity contribution in [1.82, 2.24) is 4.90 Å². The molecule has 0 aliphatic carbocycles. The highest BCUT2D eigenvalue weighted by Gasteiger charge is 2.15. The van der Waals surface area contributed by atoms with E-state index in [1.807, 2.05) is 37.1 Å². The van der Waals surface area contributed by atoms with Crippen molar-refractivity contribution in [2.75, 3.05) is 7.05 Å². The van der Waals surface area contributed by atoms with Gasteiger partial charge in [0.05, 0.1) is 6.04 Å². The Labute approximate surface area is 108 Å². The van der Waals surface area contributed by atoms with Gasteiger partial charge in [-0.2, -0.15) is 0 Å². The molecule has 0 spiro atoms. The van der Waals surface area contributed by atoms with Crippen molar-refractivity contribution in [2.45, 2.75) is 19.9 Å². The number of hydrogen-bond donors (Lipinski definition) is 1. The van der Waals surface area contributed by atoms with Crippen LogP contribution in [0.15, 0.2) is 46.3 Å². The van der Waals surface area contributed by atoms with Crippen LogP contribution in [0.3, 0.4) is 0 Å². The minimum atomic E-state index is 0.159. The van der Waals surface area contributed by atoms with Crippen LogP contribution in [0.5, 0.6) is 0 Å². The van der Waals surface area contributed by atoms with Crippen LogP contribution in [-0.4, -0.2) is 18.2 Å². The summed E-state index contributed by atoms with van der Waals surface area (Å²) in [5, 5.41) is 0.202. The van der Waals surface area contributed by atoms with Gasteiger partial charge in [0.15, 0.2) is 5.82 Å². The van der Waals surface area contributed by atoms with Crippen molar-refractivity contribution in [3.05, 3.63) is 46.9 Å². The molecular formula is C13H18ClN3. The normalized spacial score (nSPS) is 14.6. The van der Waals surface area contributed by atoms with E-state index in [1.54, 1.807) is 6.21 Å². The highest BCUT2D eigenvalue weighted by Crippen LogP contribution is 2.24. The van der Waals surface area contributed by atoms with Crippen molar-refractivity contribution in [3.63, 3.8) is 0 Å². The highest BCUT2D eigenvalue weighted by molar-refractivity contribution is 6.29. The first-order valence-corrected chi connectivity index (χ1v) is 5.87. The van der Waals surface area contributed by atoms with Gasteiger partial charge in [0.2, 0.25) is 0 Å². The summed E-state index contributed by atoms with van der Waals surface area (Å²) >= 11 is 5.85. The van der Waals surface area contributed by atoms with Gasteiger partial charge in [0.1, 0.15) is 5.16 Å². The summed E-state index contributed by atoms with van der Waals surface area (Å²) in [4.78, 5) is 6.15. The van der Waals surface area contributed by atoms with Crippen LogP contribution in [0, 0.1) is 0 Å². The second-order valence-corrected chi connectivity index (χ2v) is 4.16. The van der Waals surface area contributed by atoms with Crippen LogP contribution in [-0.2, 0) is 0 Å². The number of halogens is 1. The van der Waals surface area contributed by atoms with E-state index in [9.17, 15) is 0 Å². The SMILES string of the molecule is CC=N/C(=C(\N)Cl)N(C)C(C)c1ccccc1. The lowest BCUT2D eigenvalue weighted by Gasteiger charge is -2.27. The number of hydrogen-bond acceptors (Lipinski definition) is 3. The summed E-state index contributed by atoms with van der Waals surface area (Å²) in [5.41, 5.74) is 6.82. The Morgan fingerprint density at radius 3 is 2.47 bits per heavy atom. The second kappa shape index (κ2) is 6.30. The van der Waals surface area contributed by atoms with Gasteiger partial charge in [-0.1, -0.05) is 41.9 Å². The Kier molecular flexibility index (Phi) is 5.04. The first-order chi connectivity index (χ1) is 8.07. The van der Waals surface area contributed by atoms with Crippen LogP contribution in [0.25, 0.3) is 0 Å². The van der Waals surface area contributed by atoms with E-state index < -0.39 is 0 Å². The smallest absolute Gasteiger partial charge is 0.163 e. The maximum absolute atomic E-state index is 5.85. The first-order valence-electron chi connectivity index (χ1n) is 5.49. The molecule has 1 atom stereocenters.